The molecule has 0 aliphatic heterocycles. The van der Waals surface area contributed by atoms with Gasteiger partial charge in [-0.1, -0.05) is 23.7 Å². The summed E-state index contributed by atoms with van der Waals surface area (Å²) in [4.78, 5) is 11.2. The molecule has 4 heteroatoms. The Morgan fingerprint density at radius 3 is 2.42 bits per heavy atom. The molecular formula is C8H8ClNOS. The highest BCUT2D eigenvalue weighted by atomic mass is 35.5. The van der Waals surface area contributed by atoms with Gasteiger partial charge in [-0.25, -0.2) is 0 Å². The Hall–Kier alpha value is -0.540. The van der Waals surface area contributed by atoms with E-state index in [-0.39, 0.29) is 0 Å². The van der Waals surface area contributed by atoms with E-state index in [9.17, 15) is 4.91 Å². The third kappa shape index (κ3) is 2.22. The van der Waals surface area contributed by atoms with Gasteiger partial charge in [-0.2, -0.15) is 0 Å². The minimum absolute atomic E-state index is 0.740. The highest BCUT2D eigenvalue weighted by molar-refractivity contribution is 7.98. The number of hydrogen-bond acceptors (Lipinski definition) is 3. The van der Waals surface area contributed by atoms with Crippen molar-refractivity contribution in [2.24, 2.45) is 5.18 Å². The molecule has 0 bridgehead atoms. The van der Waals surface area contributed by atoms with Crippen LogP contribution in [0.1, 0.15) is 11.1 Å². The Morgan fingerprint density at radius 2 is 2.00 bits per heavy atom. The van der Waals surface area contributed by atoms with Gasteiger partial charge in [0.25, 0.3) is 0 Å². The first kappa shape index (κ1) is 9.55. The summed E-state index contributed by atoms with van der Waals surface area (Å²) in [5.74, 6) is 0. The van der Waals surface area contributed by atoms with E-state index in [1.807, 2.05) is 30.5 Å². The topological polar surface area (TPSA) is 29.4 Å². The maximum atomic E-state index is 10.1. The summed E-state index contributed by atoms with van der Waals surface area (Å²) in [5, 5.41) is 2.72. The molecule has 1 unspecified atom stereocenters. The van der Waals surface area contributed by atoms with Crippen LogP contribution in [0.15, 0.2) is 34.3 Å². The minimum atomic E-state index is -0.763. The highest BCUT2D eigenvalue weighted by Crippen LogP contribution is 2.23. The number of nitrogens with zero attached hydrogens (tertiary/aromatic N) is 1. The van der Waals surface area contributed by atoms with Crippen LogP contribution in [-0.2, 0) is 0 Å². The first-order chi connectivity index (χ1) is 5.77. The zero-order valence-corrected chi connectivity index (χ0v) is 8.10. The standard InChI is InChI=1S/C8H8ClNOS/c1-12-7-4-2-6(3-5-7)8(9)10-11/h2-5,8H,1H3. The third-order valence-electron chi connectivity index (χ3n) is 1.48. The van der Waals surface area contributed by atoms with Gasteiger partial charge in [0.05, 0.1) is 0 Å². The molecular weight excluding hydrogens is 194 g/mol. The van der Waals surface area contributed by atoms with E-state index in [0.717, 1.165) is 10.5 Å². The second-order valence-corrected chi connectivity index (χ2v) is 3.51. The minimum Gasteiger partial charge on any atom is -0.149 e. The summed E-state index contributed by atoms with van der Waals surface area (Å²) < 4.78 is 0. The van der Waals surface area contributed by atoms with Gasteiger partial charge in [0.2, 0.25) is 0 Å². The fourth-order valence-electron chi connectivity index (χ4n) is 0.824. The van der Waals surface area contributed by atoms with Crippen molar-refractivity contribution in [1.29, 1.82) is 0 Å². The molecule has 0 aliphatic carbocycles. The van der Waals surface area contributed by atoms with Gasteiger partial charge in [0.1, 0.15) is 0 Å². The zero-order valence-electron chi connectivity index (χ0n) is 6.53. The molecule has 1 rings (SSSR count). The van der Waals surface area contributed by atoms with E-state index in [1.165, 1.54) is 0 Å². The van der Waals surface area contributed by atoms with Crippen LogP contribution in [0.4, 0.5) is 0 Å². The summed E-state index contributed by atoms with van der Waals surface area (Å²) in [6.45, 7) is 0. The molecule has 1 aromatic rings. The number of rotatable bonds is 3. The lowest BCUT2D eigenvalue weighted by atomic mass is 10.2. The number of alkyl halides is 1. The molecule has 0 N–H and O–H groups in total. The zero-order chi connectivity index (χ0) is 8.97. The van der Waals surface area contributed by atoms with Crippen molar-refractivity contribution in [2.45, 2.75) is 10.4 Å². The smallest absolute Gasteiger partial charge is 0.149 e. The van der Waals surface area contributed by atoms with Gasteiger partial charge in [-0.05, 0) is 29.1 Å². The van der Waals surface area contributed by atoms with E-state index < -0.39 is 5.50 Å². The van der Waals surface area contributed by atoms with Crippen molar-refractivity contribution in [3.8, 4) is 0 Å². The first-order valence-corrected chi connectivity index (χ1v) is 5.04. The number of thioether (sulfide) groups is 1. The Kier molecular flexibility index (Phi) is 3.56. The normalized spacial score (nSPS) is 12.5. The Bertz CT molecular complexity index is 262. The molecule has 0 amide bonds. The Balaban J connectivity index is 2.84. The fourth-order valence-corrected chi connectivity index (χ4v) is 1.38. The maximum absolute atomic E-state index is 10.1. The molecule has 0 heterocycles. The Morgan fingerprint density at radius 1 is 1.42 bits per heavy atom. The number of benzene rings is 1. The molecule has 2 nitrogen and oxygen atoms in total. The van der Waals surface area contributed by atoms with Gasteiger partial charge in [-0.15, -0.1) is 16.7 Å². The summed E-state index contributed by atoms with van der Waals surface area (Å²) in [6.07, 6.45) is 1.99. The van der Waals surface area contributed by atoms with Crippen LogP contribution in [0, 0.1) is 4.91 Å². The lowest BCUT2D eigenvalue weighted by Crippen LogP contribution is -1.83. The predicted molar refractivity (Wildman–Crippen MR) is 52.6 cm³/mol. The van der Waals surface area contributed by atoms with Crippen LogP contribution in [0.3, 0.4) is 0 Å². The van der Waals surface area contributed by atoms with Crippen molar-refractivity contribution in [3.05, 3.63) is 34.7 Å². The van der Waals surface area contributed by atoms with E-state index in [2.05, 4.69) is 5.18 Å². The van der Waals surface area contributed by atoms with Crippen LogP contribution in [0.2, 0.25) is 0 Å². The molecule has 0 spiro atoms. The lowest BCUT2D eigenvalue weighted by molar-refractivity contribution is 1.00. The monoisotopic (exact) mass is 201 g/mol. The van der Waals surface area contributed by atoms with Gasteiger partial charge < -0.3 is 0 Å². The Labute approximate surface area is 80.3 Å². The molecule has 1 atom stereocenters. The molecule has 1 aromatic carbocycles. The highest BCUT2D eigenvalue weighted by Gasteiger charge is 2.05. The van der Waals surface area contributed by atoms with Crippen molar-refractivity contribution >= 4 is 23.4 Å². The molecule has 0 radical (unpaired) electrons. The number of halogens is 1. The molecule has 0 fully saturated rings. The van der Waals surface area contributed by atoms with Crippen LogP contribution in [0.25, 0.3) is 0 Å². The van der Waals surface area contributed by atoms with Gasteiger partial charge in [0.15, 0.2) is 5.50 Å². The van der Waals surface area contributed by atoms with Crippen molar-refractivity contribution in [1.82, 2.24) is 0 Å². The van der Waals surface area contributed by atoms with Crippen LogP contribution in [0.5, 0.6) is 0 Å². The second kappa shape index (κ2) is 4.48. The van der Waals surface area contributed by atoms with E-state index in [4.69, 9.17) is 11.6 Å². The largest absolute Gasteiger partial charge is 0.190 e. The SMILES string of the molecule is CSc1ccc(C(Cl)N=O)cc1. The van der Waals surface area contributed by atoms with E-state index >= 15 is 0 Å². The molecule has 0 aromatic heterocycles. The van der Waals surface area contributed by atoms with Crippen LogP contribution >= 0.6 is 23.4 Å². The van der Waals surface area contributed by atoms with Crippen LogP contribution < -0.4 is 0 Å². The van der Waals surface area contributed by atoms with Crippen LogP contribution in [-0.4, -0.2) is 6.26 Å². The summed E-state index contributed by atoms with van der Waals surface area (Å²) in [6, 6.07) is 7.46. The van der Waals surface area contributed by atoms with Crippen molar-refractivity contribution < 1.29 is 0 Å². The summed E-state index contributed by atoms with van der Waals surface area (Å²) >= 11 is 7.25. The fraction of sp³-hybridized carbons (Fsp3) is 0.250. The van der Waals surface area contributed by atoms with Crippen molar-refractivity contribution in [2.75, 3.05) is 6.26 Å². The summed E-state index contributed by atoms with van der Waals surface area (Å²) in [5.41, 5.74) is -0.0228. The van der Waals surface area contributed by atoms with Gasteiger partial charge in [-0.3, -0.25) is 0 Å². The first-order valence-electron chi connectivity index (χ1n) is 3.38. The van der Waals surface area contributed by atoms with Gasteiger partial charge >= 0.3 is 0 Å². The quantitative estimate of drug-likeness (QED) is 0.325. The molecule has 0 saturated heterocycles. The molecule has 64 valence electrons. The van der Waals surface area contributed by atoms with Crippen molar-refractivity contribution in [3.63, 3.8) is 0 Å². The average molecular weight is 202 g/mol. The van der Waals surface area contributed by atoms with E-state index in [1.54, 1.807) is 11.8 Å². The molecule has 0 aliphatic rings. The number of nitroso groups, excluding NO2 is 1. The van der Waals surface area contributed by atoms with Gasteiger partial charge in [0, 0.05) is 4.90 Å². The average Bonchev–Trinajstić information content (AvgIpc) is 2.17. The molecule has 0 saturated carbocycles. The lowest BCUT2D eigenvalue weighted by Gasteiger charge is -2.01. The molecule has 12 heavy (non-hydrogen) atoms. The maximum Gasteiger partial charge on any atom is 0.190 e. The third-order valence-corrected chi connectivity index (χ3v) is 2.56. The van der Waals surface area contributed by atoms with E-state index in [0.29, 0.717) is 0 Å². The number of hydrogen-bond donors (Lipinski definition) is 0. The predicted octanol–water partition coefficient (Wildman–Crippen LogP) is 3.41. The second-order valence-electron chi connectivity index (χ2n) is 2.21. The summed E-state index contributed by atoms with van der Waals surface area (Å²) in [7, 11) is 0.